The molecule has 0 amide bonds. The standard InChI is InChI=1S/C16H15FN2O3/c17-13-5-6-14(15(8-13)19(20)21)18-9-11-7-12-3-1-2-4-16(12)22-10-11/h1-6,8,11,18H,7,9-10H2. The van der Waals surface area contributed by atoms with Crippen molar-refractivity contribution in [3.05, 3.63) is 64.0 Å². The van der Waals surface area contributed by atoms with Crippen LogP contribution in [0.2, 0.25) is 0 Å². The number of nitro benzene ring substituents is 1. The highest BCUT2D eigenvalue weighted by atomic mass is 19.1. The number of nitrogens with zero attached hydrogens (tertiary/aromatic N) is 1. The van der Waals surface area contributed by atoms with Crippen LogP contribution >= 0.6 is 0 Å². The van der Waals surface area contributed by atoms with Gasteiger partial charge in [-0.1, -0.05) is 18.2 Å². The molecule has 1 aliphatic heterocycles. The summed E-state index contributed by atoms with van der Waals surface area (Å²) >= 11 is 0. The second-order valence-corrected chi connectivity index (χ2v) is 5.29. The molecule has 6 heteroatoms. The van der Waals surface area contributed by atoms with E-state index >= 15 is 0 Å². The molecular weight excluding hydrogens is 287 g/mol. The minimum absolute atomic E-state index is 0.208. The normalized spacial score (nSPS) is 16.5. The quantitative estimate of drug-likeness (QED) is 0.694. The summed E-state index contributed by atoms with van der Waals surface area (Å²) < 4.78 is 18.8. The SMILES string of the molecule is O=[N+]([O-])c1cc(F)ccc1NCC1COc2ccccc2C1. The van der Waals surface area contributed by atoms with E-state index in [0.29, 0.717) is 18.8 Å². The molecule has 0 aromatic heterocycles. The number of nitro groups is 1. The maximum atomic E-state index is 13.1. The minimum atomic E-state index is -0.618. The van der Waals surface area contributed by atoms with E-state index in [9.17, 15) is 14.5 Å². The van der Waals surface area contributed by atoms with Crippen LogP contribution in [0, 0.1) is 21.8 Å². The van der Waals surface area contributed by atoms with E-state index in [1.807, 2.05) is 24.3 Å². The molecule has 5 nitrogen and oxygen atoms in total. The lowest BCUT2D eigenvalue weighted by Gasteiger charge is -2.25. The van der Waals surface area contributed by atoms with E-state index < -0.39 is 10.7 Å². The van der Waals surface area contributed by atoms with Crippen molar-refractivity contribution < 1.29 is 14.1 Å². The van der Waals surface area contributed by atoms with Crippen molar-refractivity contribution in [3.63, 3.8) is 0 Å². The molecule has 1 N–H and O–H groups in total. The zero-order valence-electron chi connectivity index (χ0n) is 11.8. The number of fused-ring (bicyclic) bond motifs is 1. The summed E-state index contributed by atoms with van der Waals surface area (Å²) in [5.74, 6) is 0.484. The third-order valence-electron chi connectivity index (χ3n) is 3.69. The summed E-state index contributed by atoms with van der Waals surface area (Å²) in [6.45, 7) is 1.08. The second kappa shape index (κ2) is 6.01. The maximum absolute atomic E-state index is 13.1. The zero-order valence-corrected chi connectivity index (χ0v) is 11.8. The van der Waals surface area contributed by atoms with Crippen LogP contribution in [0.15, 0.2) is 42.5 Å². The zero-order chi connectivity index (χ0) is 15.5. The third kappa shape index (κ3) is 3.00. The molecule has 0 saturated carbocycles. The van der Waals surface area contributed by atoms with E-state index in [2.05, 4.69) is 5.32 Å². The summed E-state index contributed by atoms with van der Waals surface area (Å²) in [6, 6.07) is 11.4. The predicted octanol–water partition coefficient (Wildman–Crippen LogP) is 3.40. The molecule has 0 radical (unpaired) electrons. The van der Waals surface area contributed by atoms with Gasteiger partial charge in [-0.05, 0) is 30.2 Å². The van der Waals surface area contributed by atoms with Crippen LogP contribution in [0.4, 0.5) is 15.8 Å². The Balaban J connectivity index is 1.68. The van der Waals surface area contributed by atoms with Gasteiger partial charge in [0.15, 0.2) is 0 Å². The number of ether oxygens (including phenoxy) is 1. The van der Waals surface area contributed by atoms with Crippen LogP contribution in [0.5, 0.6) is 5.75 Å². The Hall–Kier alpha value is -2.63. The number of anilines is 1. The molecule has 3 rings (SSSR count). The molecule has 0 spiro atoms. The minimum Gasteiger partial charge on any atom is -0.493 e. The molecule has 1 aliphatic rings. The smallest absolute Gasteiger partial charge is 0.295 e. The Morgan fingerprint density at radius 2 is 2.14 bits per heavy atom. The van der Waals surface area contributed by atoms with Crippen LogP contribution in [-0.4, -0.2) is 18.1 Å². The van der Waals surface area contributed by atoms with Crippen LogP contribution in [0.3, 0.4) is 0 Å². The maximum Gasteiger partial charge on any atom is 0.295 e. The van der Waals surface area contributed by atoms with Gasteiger partial charge in [0.2, 0.25) is 0 Å². The lowest BCUT2D eigenvalue weighted by atomic mass is 9.96. The Morgan fingerprint density at radius 1 is 1.32 bits per heavy atom. The van der Waals surface area contributed by atoms with Gasteiger partial charge in [0, 0.05) is 12.5 Å². The lowest BCUT2D eigenvalue weighted by Crippen LogP contribution is -2.27. The monoisotopic (exact) mass is 302 g/mol. The van der Waals surface area contributed by atoms with Gasteiger partial charge in [0.1, 0.15) is 17.3 Å². The van der Waals surface area contributed by atoms with Crippen molar-refractivity contribution in [2.45, 2.75) is 6.42 Å². The van der Waals surface area contributed by atoms with Crippen molar-refractivity contribution in [3.8, 4) is 5.75 Å². The first-order valence-electron chi connectivity index (χ1n) is 7.02. The fourth-order valence-electron chi connectivity index (χ4n) is 2.58. The summed E-state index contributed by atoms with van der Waals surface area (Å²) in [6.07, 6.45) is 0.845. The van der Waals surface area contributed by atoms with Crippen LogP contribution < -0.4 is 10.1 Å². The van der Waals surface area contributed by atoms with E-state index in [-0.39, 0.29) is 11.6 Å². The molecule has 114 valence electrons. The van der Waals surface area contributed by atoms with Gasteiger partial charge in [-0.25, -0.2) is 4.39 Å². The summed E-state index contributed by atoms with van der Waals surface area (Å²) in [5.41, 5.74) is 1.21. The molecule has 2 aromatic rings. The Morgan fingerprint density at radius 3 is 2.95 bits per heavy atom. The van der Waals surface area contributed by atoms with Crippen LogP contribution in [0.25, 0.3) is 0 Å². The highest BCUT2D eigenvalue weighted by Crippen LogP contribution is 2.29. The van der Waals surface area contributed by atoms with Gasteiger partial charge in [-0.15, -0.1) is 0 Å². The van der Waals surface area contributed by atoms with Gasteiger partial charge < -0.3 is 10.1 Å². The molecule has 0 aliphatic carbocycles. The van der Waals surface area contributed by atoms with Gasteiger partial charge in [-0.2, -0.15) is 0 Å². The first-order chi connectivity index (χ1) is 10.6. The Bertz CT molecular complexity index is 706. The third-order valence-corrected chi connectivity index (χ3v) is 3.69. The number of hydrogen-bond donors (Lipinski definition) is 1. The molecule has 1 heterocycles. The van der Waals surface area contributed by atoms with Gasteiger partial charge in [-0.3, -0.25) is 10.1 Å². The first-order valence-corrected chi connectivity index (χ1v) is 7.02. The summed E-state index contributed by atoms with van der Waals surface area (Å²) in [7, 11) is 0. The molecule has 1 atom stereocenters. The van der Waals surface area contributed by atoms with Gasteiger partial charge in [0.25, 0.3) is 5.69 Å². The average molecular weight is 302 g/mol. The number of rotatable bonds is 4. The van der Waals surface area contributed by atoms with Crippen LogP contribution in [0.1, 0.15) is 5.56 Å². The number of benzene rings is 2. The second-order valence-electron chi connectivity index (χ2n) is 5.29. The first kappa shape index (κ1) is 14.3. The average Bonchev–Trinajstić information content (AvgIpc) is 2.53. The van der Waals surface area contributed by atoms with E-state index in [0.717, 1.165) is 23.8 Å². The topological polar surface area (TPSA) is 64.4 Å². The molecule has 0 bridgehead atoms. The van der Waals surface area contributed by atoms with E-state index in [1.165, 1.54) is 12.1 Å². The summed E-state index contributed by atoms with van der Waals surface area (Å²) in [5, 5.41) is 14.0. The Kier molecular flexibility index (Phi) is 3.91. The van der Waals surface area contributed by atoms with E-state index in [1.54, 1.807) is 0 Å². The molecule has 2 aromatic carbocycles. The molecule has 0 fully saturated rings. The molecule has 1 unspecified atom stereocenters. The molecular formula is C16H15FN2O3. The van der Waals surface area contributed by atoms with Crippen molar-refractivity contribution in [1.82, 2.24) is 0 Å². The number of halogens is 1. The predicted molar refractivity (Wildman–Crippen MR) is 80.7 cm³/mol. The largest absolute Gasteiger partial charge is 0.493 e. The van der Waals surface area contributed by atoms with Crippen molar-refractivity contribution in [2.24, 2.45) is 5.92 Å². The number of nitrogens with one attached hydrogen (secondary N) is 1. The highest BCUT2D eigenvalue weighted by molar-refractivity contribution is 5.61. The van der Waals surface area contributed by atoms with Crippen molar-refractivity contribution in [1.29, 1.82) is 0 Å². The molecule has 22 heavy (non-hydrogen) atoms. The Labute approximate surface area is 126 Å². The number of hydrogen-bond acceptors (Lipinski definition) is 4. The fourth-order valence-corrected chi connectivity index (χ4v) is 2.58. The van der Waals surface area contributed by atoms with E-state index in [4.69, 9.17) is 4.74 Å². The fraction of sp³-hybridized carbons (Fsp3) is 0.250. The van der Waals surface area contributed by atoms with Crippen LogP contribution in [-0.2, 0) is 6.42 Å². The van der Waals surface area contributed by atoms with Crippen molar-refractivity contribution in [2.75, 3.05) is 18.5 Å². The van der Waals surface area contributed by atoms with Gasteiger partial charge >= 0.3 is 0 Å². The lowest BCUT2D eigenvalue weighted by molar-refractivity contribution is -0.384. The van der Waals surface area contributed by atoms with Crippen molar-refractivity contribution >= 4 is 11.4 Å². The number of para-hydroxylation sites is 1. The summed E-state index contributed by atoms with van der Waals surface area (Å²) in [4.78, 5) is 10.4. The highest BCUT2D eigenvalue weighted by Gasteiger charge is 2.21. The molecule has 0 saturated heterocycles. The van der Waals surface area contributed by atoms with Gasteiger partial charge in [0.05, 0.1) is 17.6 Å².